The van der Waals surface area contributed by atoms with Crippen LogP contribution in [0.2, 0.25) is 0 Å². The van der Waals surface area contributed by atoms with Crippen molar-refractivity contribution in [2.45, 2.75) is 0 Å². The molecule has 1 aromatic carbocycles. The van der Waals surface area contributed by atoms with E-state index in [4.69, 9.17) is 9.47 Å². The monoisotopic (exact) mass is 339 g/mol. The van der Waals surface area contributed by atoms with E-state index < -0.39 is 0 Å². The number of methoxy groups -OCH3 is 2. The minimum atomic E-state index is 0.648. The summed E-state index contributed by atoms with van der Waals surface area (Å²) in [6.45, 7) is 0. The van der Waals surface area contributed by atoms with Gasteiger partial charge in [-0.15, -0.1) is 10.2 Å². The van der Waals surface area contributed by atoms with Gasteiger partial charge in [0.05, 0.1) is 19.8 Å². The molecule has 0 amide bonds. The Morgan fingerprint density at radius 1 is 1.00 bits per heavy atom. The highest BCUT2D eigenvalue weighted by atomic mass is 32.1. The van der Waals surface area contributed by atoms with Gasteiger partial charge in [0.1, 0.15) is 11.5 Å². The highest BCUT2D eigenvalue weighted by Crippen LogP contribution is 2.40. The van der Waals surface area contributed by atoms with Crippen LogP contribution in [0.15, 0.2) is 42.7 Å². The van der Waals surface area contributed by atoms with Crippen molar-refractivity contribution in [2.24, 2.45) is 0 Å². The number of hydrogen-bond acceptors (Lipinski definition) is 7. The number of benzene rings is 1. The zero-order valence-electron chi connectivity index (χ0n) is 13.0. The molecule has 0 N–H and O–H groups in total. The van der Waals surface area contributed by atoms with Crippen molar-refractivity contribution in [3.05, 3.63) is 42.7 Å². The fourth-order valence-electron chi connectivity index (χ4n) is 2.46. The van der Waals surface area contributed by atoms with E-state index in [-0.39, 0.29) is 0 Å². The van der Waals surface area contributed by atoms with Gasteiger partial charge in [-0.05, 0) is 24.3 Å². The lowest BCUT2D eigenvalue weighted by atomic mass is 10.2. The standard InChI is InChI=1S/C16H13N5O2S/c1-22-11-6-3-7-12(23-2)13(11)15-20-21-14(18-19-16(21)24-15)10-5-4-8-17-9-10/h3-9H,1-2H3. The van der Waals surface area contributed by atoms with Crippen molar-refractivity contribution in [1.82, 2.24) is 24.8 Å². The zero-order valence-corrected chi connectivity index (χ0v) is 13.8. The van der Waals surface area contributed by atoms with E-state index in [0.717, 1.165) is 16.1 Å². The summed E-state index contributed by atoms with van der Waals surface area (Å²) < 4.78 is 12.6. The molecule has 0 aliphatic carbocycles. The van der Waals surface area contributed by atoms with E-state index in [1.54, 1.807) is 31.1 Å². The molecule has 7 nitrogen and oxygen atoms in total. The van der Waals surface area contributed by atoms with Crippen molar-refractivity contribution in [2.75, 3.05) is 14.2 Å². The summed E-state index contributed by atoms with van der Waals surface area (Å²) in [4.78, 5) is 4.81. The summed E-state index contributed by atoms with van der Waals surface area (Å²) in [5.74, 6) is 2.04. The molecule has 0 spiro atoms. The van der Waals surface area contributed by atoms with Gasteiger partial charge in [-0.3, -0.25) is 4.98 Å². The van der Waals surface area contributed by atoms with Crippen molar-refractivity contribution in [1.29, 1.82) is 0 Å². The predicted molar refractivity (Wildman–Crippen MR) is 90.4 cm³/mol. The molecule has 4 aromatic rings. The Morgan fingerprint density at radius 3 is 2.46 bits per heavy atom. The molecule has 8 heteroatoms. The number of pyridine rings is 1. The molecule has 0 saturated carbocycles. The molecule has 0 aliphatic heterocycles. The molecular formula is C16H13N5O2S. The molecule has 0 saturated heterocycles. The first-order chi connectivity index (χ1) is 11.8. The second-order valence-corrected chi connectivity index (χ2v) is 5.86. The summed E-state index contributed by atoms with van der Waals surface area (Å²) >= 11 is 1.42. The molecule has 24 heavy (non-hydrogen) atoms. The Labute approximate surface area is 141 Å². The third-order valence-corrected chi connectivity index (χ3v) is 4.47. The molecule has 0 atom stereocenters. The van der Waals surface area contributed by atoms with Crippen LogP contribution >= 0.6 is 11.3 Å². The molecule has 0 radical (unpaired) electrons. The second kappa shape index (κ2) is 5.89. The number of rotatable bonds is 4. The number of fused-ring (bicyclic) bond motifs is 1. The number of nitrogens with zero attached hydrogens (tertiary/aromatic N) is 5. The molecule has 0 aliphatic rings. The topological polar surface area (TPSA) is 74.4 Å². The Kier molecular flexibility index (Phi) is 3.58. The molecular weight excluding hydrogens is 326 g/mol. The lowest BCUT2D eigenvalue weighted by Crippen LogP contribution is -1.95. The van der Waals surface area contributed by atoms with Gasteiger partial charge in [-0.2, -0.15) is 9.61 Å². The third kappa shape index (κ3) is 2.28. The van der Waals surface area contributed by atoms with Crippen LogP contribution in [0.25, 0.3) is 26.9 Å². The van der Waals surface area contributed by atoms with E-state index in [0.29, 0.717) is 22.3 Å². The number of hydrogen-bond donors (Lipinski definition) is 0. The van der Waals surface area contributed by atoms with Gasteiger partial charge in [0, 0.05) is 18.0 Å². The molecule has 3 heterocycles. The normalized spacial score (nSPS) is 10.9. The third-order valence-electron chi connectivity index (χ3n) is 3.55. The minimum Gasteiger partial charge on any atom is -0.496 e. The van der Waals surface area contributed by atoms with E-state index in [1.807, 2.05) is 30.3 Å². The Morgan fingerprint density at radius 2 is 1.79 bits per heavy atom. The first kappa shape index (κ1) is 14.6. The van der Waals surface area contributed by atoms with Gasteiger partial charge in [0.25, 0.3) is 0 Å². The first-order valence-electron chi connectivity index (χ1n) is 7.16. The Bertz CT molecular complexity index is 974. The molecule has 4 rings (SSSR count). The number of ether oxygens (including phenoxy) is 2. The van der Waals surface area contributed by atoms with E-state index in [2.05, 4.69) is 20.3 Å². The zero-order chi connectivity index (χ0) is 16.5. The number of aromatic nitrogens is 5. The molecule has 120 valence electrons. The van der Waals surface area contributed by atoms with Gasteiger partial charge in [-0.1, -0.05) is 17.4 Å². The lowest BCUT2D eigenvalue weighted by Gasteiger charge is -2.10. The largest absolute Gasteiger partial charge is 0.496 e. The predicted octanol–water partition coefficient (Wildman–Crippen LogP) is 2.93. The summed E-state index contributed by atoms with van der Waals surface area (Å²) in [7, 11) is 3.25. The van der Waals surface area contributed by atoms with Crippen LogP contribution in [0.5, 0.6) is 11.5 Å². The molecule has 0 unspecified atom stereocenters. The highest BCUT2D eigenvalue weighted by Gasteiger charge is 2.20. The van der Waals surface area contributed by atoms with Crippen molar-refractivity contribution >= 4 is 16.3 Å². The van der Waals surface area contributed by atoms with Gasteiger partial charge in [-0.25, -0.2) is 0 Å². The lowest BCUT2D eigenvalue weighted by molar-refractivity contribution is 0.397. The molecule has 0 fully saturated rings. The average Bonchev–Trinajstić information content (AvgIpc) is 3.22. The van der Waals surface area contributed by atoms with Crippen LogP contribution in [-0.4, -0.2) is 39.0 Å². The SMILES string of the molecule is COc1cccc(OC)c1-c1nn2c(-c3cccnc3)nnc2s1. The van der Waals surface area contributed by atoms with Crippen LogP contribution in [0, 0.1) is 0 Å². The summed E-state index contributed by atoms with van der Waals surface area (Å²) in [5.41, 5.74) is 1.66. The maximum atomic E-state index is 5.46. The van der Waals surface area contributed by atoms with Crippen LogP contribution in [0.1, 0.15) is 0 Å². The Hall–Kier alpha value is -3.00. The maximum absolute atomic E-state index is 5.46. The van der Waals surface area contributed by atoms with Crippen LogP contribution in [-0.2, 0) is 0 Å². The van der Waals surface area contributed by atoms with Crippen molar-refractivity contribution < 1.29 is 9.47 Å². The van der Waals surface area contributed by atoms with E-state index >= 15 is 0 Å². The van der Waals surface area contributed by atoms with Gasteiger partial charge in [0.15, 0.2) is 10.8 Å². The second-order valence-electron chi connectivity index (χ2n) is 4.90. The van der Waals surface area contributed by atoms with Crippen LogP contribution < -0.4 is 9.47 Å². The summed E-state index contributed by atoms with van der Waals surface area (Å²) in [6.07, 6.45) is 3.45. The molecule has 0 bridgehead atoms. The summed E-state index contributed by atoms with van der Waals surface area (Å²) in [5, 5.41) is 13.8. The minimum absolute atomic E-state index is 0.648. The maximum Gasteiger partial charge on any atom is 0.235 e. The fourth-order valence-corrected chi connectivity index (χ4v) is 3.35. The quantitative estimate of drug-likeness (QED) is 0.569. The smallest absolute Gasteiger partial charge is 0.235 e. The van der Waals surface area contributed by atoms with Crippen LogP contribution in [0.4, 0.5) is 0 Å². The van der Waals surface area contributed by atoms with E-state index in [9.17, 15) is 0 Å². The summed E-state index contributed by atoms with van der Waals surface area (Å²) in [6, 6.07) is 9.41. The average molecular weight is 339 g/mol. The van der Waals surface area contributed by atoms with E-state index in [1.165, 1.54) is 11.3 Å². The van der Waals surface area contributed by atoms with Crippen molar-refractivity contribution in [3.8, 4) is 33.5 Å². The first-order valence-corrected chi connectivity index (χ1v) is 7.97. The molecule has 3 aromatic heterocycles. The van der Waals surface area contributed by atoms with Crippen LogP contribution in [0.3, 0.4) is 0 Å². The Balaban J connectivity index is 1.90. The van der Waals surface area contributed by atoms with Gasteiger partial charge >= 0.3 is 0 Å². The van der Waals surface area contributed by atoms with Gasteiger partial charge in [0.2, 0.25) is 4.96 Å². The van der Waals surface area contributed by atoms with Crippen molar-refractivity contribution in [3.63, 3.8) is 0 Å². The fraction of sp³-hybridized carbons (Fsp3) is 0.125. The van der Waals surface area contributed by atoms with Gasteiger partial charge < -0.3 is 9.47 Å². The highest BCUT2D eigenvalue weighted by molar-refractivity contribution is 7.19.